The molecule has 0 aliphatic rings. The van der Waals surface area contributed by atoms with E-state index in [1.807, 2.05) is 72.5 Å². The van der Waals surface area contributed by atoms with E-state index in [9.17, 15) is 4.79 Å². The first kappa shape index (κ1) is 16.8. The molecule has 0 unspecified atom stereocenters. The highest BCUT2D eigenvalue weighted by Gasteiger charge is 2.03. The van der Waals surface area contributed by atoms with Crippen LogP contribution in [-0.4, -0.2) is 22.4 Å². The molecule has 3 aromatic rings. The number of rotatable bonds is 6. The molecule has 5 heteroatoms. The second-order valence-corrected chi connectivity index (χ2v) is 5.98. The van der Waals surface area contributed by atoms with E-state index in [1.54, 1.807) is 0 Å². The molecular formula is C20H22N4O. The molecule has 0 atom stereocenters. The first-order valence-electron chi connectivity index (χ1n) is 8.37. The number of hydrogen-bond donors (Lipinski definition) is 2. The maximum atomic E-state index is 11.9. The zero-order valence-electron chi connectivity index (χ0n) is 14.3. The van der Waals surface area contributed by atoms with E-state index < -0.39 is 0 Å². The summed E-state index contributed by atoms with van der Waals surface area (Å²) in [6.45, 7) is 3.14. The van der Waals surface area contributed by atoms with Gasteiger partial charge in [0.15, 0.2) is 0 Å². The number of carbonyl (C=O) groups is 1. The molecule has 0 saturated heterocycles. The zero-order valence-corrected chi connectivity index (χ0v) is 14.3. The molecule has 0 saturated carbocycles. The van der Waals surface area contributed by atoms with Crippen molar-refractivity contribution < 1.29 is 4.79 Å². The number of amides is 2. The number of aryl methyl sites for hydroxylation is 1. The standard InChI is InChI=1S/C20H22N4O/c1-16-6-5-7-17(12-16)13-22-20(25)21-11-10-18-14-23-24(15-18)19-8-3-2-4-9-19/h2-9,12,14-15H,10-11,13H2,1H3,(H2,21,22,25). The summed E-state index contributed by atoms with van der Waals surface area (Å²) in [5.41, 5.74) is 4.40. The van der Waals surface area contributed by atoms with Gasteiger partial charge >= 0.3 is 6.03 Å². The van der Waals surface area contributed by atoms with E-state index in [0.717, 1.165) is 23.2 Å². The Bertz CT molecular complexity index is 826. The van der Waals surface area contributed by atoms with Gasteiger partial charge in [0.2, 0.25) is 0 Å². The largest absolute Gasteiger partial charge is 0.338 e. The van der Waals surface area contributed by atoms with Gasteiger partial charge in [0, 0.05) is 19.3 Å². The van der Waals surface area contributed by atoms with E-state index in [2.05, 4.69) is 21.8 Å². The average molecular weight is 334 g/mol. The Hall–Kier alpha value is -3.08. The number of aromatic nitrogens is 2. The van der Waals surface area contributed by atoms with Crippen molar-refractivity contribution in [1.29, 1.82) is 0 Å². The first-order valence-corrected chi connectivity index (χ1v) is 8.37. The van der Waals surface area contributed by atoms with Crippen molar-refractivity contribution in [1.82, 2.24) is 20.4 Å². The monoisotopic (exact) mass is 334 g/mol. The third-order valence-electron chi connectivity index (χ3n) is 3.89. The minimum Gasteiger partial charge on any atom is -0.338 e. The lowest BCUT2D eigenvalue weighted by Crippen LogP contribution is -2.36. The molecular weight excluding hydrogens is 312 g/mol. The van der Waals surface area contributed by atoms with Gasteiger partial charge < -0.3 is 10.6 Å². The summed E-state index contributed by atoms with van der Waals surface area (Å²) < 4.78 is 1.84. The van der Waals surface area contributed by atoms with Gasteiger partial charge in [0.1, 0.15) is 0 Å². The Morgan fingerprint density at radius 3 is 2.68 bits per heavy atom. The summed E-state index contributed by atoms with van der Waals surface area (Å²) in [5.74, 6) is 0. The third kappa shape index (κ3) is 4.94. The van der Waals surface area contributed by atoms with Gasteiger partial charge in [0.25, 0.3) is 0 Å². The molecule has 25 heavy (non-hydrogen) atoms. The van der Waals surface area contributed by atoms with Crippen LogP contribution in [0.4, 0.5) is 4.79 Å². The number of nitrogens with one attached hydrogen (secondary N) is 2. The number of carbonyl (C=O) groups excluding carboxylic acids is 1. The van der Waals surface area contributed by atoms with Crippen LogP contribution in [0.25, 0.3) is 5.69 Å². The highest BCUT2D eigenvalue weighted by atomic mass is 16.2. The lowest BCUT2D eigenvalue weighted by Gasteiger charge is -2.07. The minimum absolute atomic E-state index is 0.156. The highest BCUT2D eigenvalue weighted by molar-refractivity contribution is 5.73. The lowest BCUT2D eigenvalue weighted by atomic mass is 10.1. The normalized spacial score (nSPS) is 10.4. The smallest absolute Gasteiger partial charge is 0.315 e. The summed E-state index contributed by atoms with van der Waals surface area (Å²) in [5, 5.41) is 10.1. The van der Waals surface area contributed by atoms with Crippen LogP contribution in [0.2, 0.25) is 0 Å². The highest BCUT2D eigenvalue weighted by Crippen LogP contribution is 2.07. The van der Waals surface area contributed by atoms with Crippen molar-refractivity contribution in [3.8, 4) is 5.69 Å². The van der Waals surface area contributed by atoms with Crippen LogP contribution in [0.15, 0.2) is 67.0 Å². The van der Waals surface area contributed by atoms with Crippen LogP contribution >= 0.6 is 0 Å². The molecule has 0 aliphatic heterocycles. The van der Waals surface area contributed by atoms with Crippen LogP contribution in [-0.2, 0) is 13.0 Å². The molecule has 128 valence electrons. The van der Waals surface area contributed by atoms with Gasteiger partial charge in [0.05, 0.1) is 11.9 Å². The van der Waals surface area contributed by atoms with Crippen LogP contribution in [0.3, 0.4) is 0 Å². The number of nitrogens with zero attached hydrogens (tertiary/aromatic N) is 2. The molecule has 0 bridgehead atoms. The van der Waals surface area contributed by atoms with Gasteiger partial charge in [-0.25, -0.2) is 9.48 Å². The molecule has 0 aliphatic carbocycles. The zero-order chi connectivity index (χ0) is 17.5. The molecule has 0 spiro atoms. The predicted molar refractivity (Wildman–Crippen MR) is 98.7 cm³/mol. The Labute approximate surface area is 147 Å². The summed E-state index contributed by atoms with van der Waals surface area (Å²) in [7, 11) is 0. The number of benzene rings is 2. The second kappa shape index (κ2) is 8.15. The molecule has 1 heterocycles. The third-order valence-corrected chi connectivity index (χ3v) is 3.89. The topological polar surface area (TPSA) is 59.0 Å². The van der Waals surface area contributed by atoms with Crippen LogP contribution in [0.1, 0.15) is 16.7 Å². The van der Waals surface area contributed by atoms with Crippen molar-refractivity contribution in [3.05, 3.63) is 83.7 Å². The van der Waals surface area contributed by atoms with Gasteiger partial charge in [-0.2, -0.15) is 5.10 Å². The van der Waals surface area contributed by atoms with E-state index in [1.165, 1.54) is 5.56 Å². The van der Waals surface area contributed by atoms with E-state index in [0.29, 0.717) is 13.1 Å². The Kier molecular flexibility index (Phi) is 5.46. The number of hydrogen-bond acceptors (Lipinski definition) is 2. The molecule has 2 N–H and O–H groups in total. The van der Waals surface area contributed by atoms with Crippen molar-refractivity contribution in [3.63, 3.8) is 0 Å². The maximum Gasteiger partial charge on any atom is 0.315 e. The SMILES string of the molecule is Cc1cccc(CNC(=O)NCCc2cnn(-c3ccccc3)c2)c1. The van der Waals surface area contributed by atoms with Crippen molar-refractivity contribution >= 4 is 6.03 Å². The fraction of sp³-hybridized carbons (Fsp3) is 0.200. The average Bonchev–Trinajstić information content (AvgIpc) is 3.10. The second-order valence-electron chi connectivity index (χ2n) is 5.98. The van der Waals surface area contributed by atoms with Crippen molar-refractivity contribution in [2.45, 2.75) is 19.9 Å². The Morgan fingerprint density at radius 2 is 1.88 bits per heavy atom. The quantitative estimate of drug-likeness (QED) is 0.727. The van der Waals surface area contributed by atoms with Crippen molar-refractivity contribution in [2.75, 3.05) is 6.54 Å². The van der Waals surface area contributed by atoms with Crippen LogP contribution in [0.5, 0.6) is 0 Å². The maximum absolute atomic E-state index is 11.9. The summed E-state index contributed by atoms with van der Waals surface area (Å²) >= 11 is 0. The summed E-state index contributed by atoms with van der Waals surface area (Å²) in [6, 6.07) is 17.9. The minimum atomic E-state index is -0.156. The molecule has 2 amide bonds. The Balaban J connectivity index is 1.42. The number of urea groups is 1. The van der Waals surface area contributed by atoms with Gasteiger partial charge in [-0.3, -0.25) is 0 Å². The molecule has 5 nitrogen and oxygen atoms in total. The fourth-order valence-corrected chi connectivity index (χ4v) is 2.60. The summed E-state index contributed by atoms with van der Waals surface area (Å²) in [6.07, 6.45) is 4.56. The van der Waals surface area contributed by atoms with E-state index >= 15 is 0 Å². The van der Waals surface area contributed by atoms with Gasteiger partial charge in [-0.05, 0) is 36.6 Å². The molecule has 3 rings (SSSR count). The summed E-state index contributed by atoms with van der Waals surface area (Å²) in [4.78, 5) is 11.9. The van der Waals surface area contributed by atoms with Crippen LogP contribution < -0.4 is 10.6 Å². The first-order chi connectivity index (χ1) is 12.2. The molecule has 2 aromatic carbocycles. The molecule has 0 radical (unpaired) electrons. The number of para-hydroxylation sites is 1. The van der Waals surface area contributed by atoms with E-state index in [4.69, 9.17) is 0 Å². The van der Waals surface area contributed by atoms with E-state index in [-0.39, 0.29) is 6.03 Å². The fourth-order valence-electron chi connectivity index (χ4n) is 2.60. The Morgan fingerprint density at radius 1 is 1.04 bits per heavy atom. The van der Waals surface area contributed by atoms with Gasteiger partial charge in [-0.1, -0.05) is 48.0 Å². The van der Waals surface area contributed by atoms with Crippen molar-refractivity contribution in [2.24, 2.45) is 0 Å². The van der Waals surface area contributed by atoms with Crippen LogP contribution in [0, 0.1) is 6.92 Å². The molecule has 1 aromatic heterocycles. The molecule has 0 fully saturated rings. The van der Waals surface area contributed by atoms with Gasteiger partial charge in [-0.15, -0.1) is 0 Å². The lowest BCUT2D eigenvalue weighted by molar-refractivity contribution is 0.240. The predicted octanol–water partition coefficient (Wildman–Crippen LogP) is 3.22.